The van der Waals surface area contributed by atoms with Gasteiger partial charge in [0.1, 0.15) is 0 Å². The van der Waals surface area contributed by atoms with Gasteiger partial charge in [-0.3, -0.25) is 4.98 Å². The van der Waals surface area contributed by atoms with E-state index in [9.17, 15) is 0 Å². The zero-order valence-electron chi connectivity index (χ0n) is 10.1. The van der Waals surface area contributed by atoms with Crippen LogP contribution in [0, 0.1) is 0 Å². The van der Waals surface area contributed by atoms with Crippen LogP contribution in [0.1, 0.15) is 0 Å². The minimum atomic E-state index is 0.970. The van der Waals surface area contributed by atoms with Crippen LogP contribution in [0.5, 0.6) is 0 Å². The van der Waals surface area contributed by atoms with E-state index in [1.807, 2.05) is 12.3 Å². The van der Waals surface area contributed by atoms with E-state index in [0.29, 0.717) is 0 Å². The van der Waals surface area contributed by atoms with Crippen molar-refractivity contribution in [2.75, 3.05) is 0 Å². The van der Waals surface area contributed by atoms with E-state index in [2.05, 4.69) is 52.1 Å². The lowest BCUT2D eigenvalue weighted by Crippen LogP contribution is -1.87. The van der Waals surface area contributed by atoms with Gasteiger partial charge in [0.25, 0.3) is 0 Å². The number of benzene rings is 1. The van der Waals surface area contributed by atoms with Gasteiger partial charge in [-0.25, -0.2) is 4.98 Å². The van der Waals surface area contributed by atoms with E-state index < -0.39 is 0 Å². The number of fused-ring (bicyclic) bond motifs is 3. The first kappa shape index (κ1) is 10.6. The van der Waals surface area contributed by atoms with Crippen LogP contribution in [0.3, 0.4) is 0 Å². The summed E-state index contributed by atoms with van der Waals surface area (Å²) in [6.45, 7) is 0. The van der Waals surface area contributed by atoms with Gasteiger partial charge in [-0.05, 0) is 23.6 Å². The highest BCUT2D eigenvalue weighted by molar-refractivity contribution is 7.08. The van der Waals surface area contributed by atoms with Crippen LogP contribution in [0.25, 0.3) is 33.1 Å². The summed E-state index contributed by atoms with van der Waals surface area (Å²) in [6.07, 6.45) is 1.82. The number of aromatic nitrogens is 2. The molecule has 0 atom stereocenters. The molecule has 0 N–H and O–H groups in total. The molecule has 4 rings (SSSR count). The molecule has 19 heavy (non-hydrogen) atoms. The maximum absolute atomic E-state index is 4.79. The third-order valence-corrected chi connectivity index (χ3v) is 3.93. The quantitative estimate of drug-likeness (QED) is 0.472. The molecule has 0 aliphatic carbocycles. The standard InChI is InChI=1S/C16H10N2S/c1-2-11-3-4-12-5-6-14(13-7-9-19-10-13)18-16(12)15(11)17-8-1/h1-10H. The molecule has 0 bridgehead atoms. The Morgan fingerprint density at radius 2 is 1.68 bits per heavy atom. The van der Waals surface area contributed by atoms with Crippen LogP contribution >= 0.6 is 11.3 Å². The normalized spacial score (nSPS) is 11.2. The van der Waals surface area contributed by atoms with Gasteiger partial charge in [-0.2, -0.15) is 11.3 Å². The molecule has 0 fully saturated rings. The molecule has 3 heteroatoms. The first-order valence-electron chi connectivity index (χ1n) is 6.09. The lowest BCUT2D eigenvalue weighted by molar-refractivity contribution is 1.37. The van der Waals surface area contributed by atoms with Crippen molar-refractivity contribution in [3.63, 3.8) is 0 Å². The van der Waals surface area contributed by atoms with E-state index in [4.69, 9.17) is 4.98 Å². The maximum atomic E-state index is 4.79. The average Bonchev–Trinajstić information content (AvgIpc) is 3.01. The fraction of sp³-hybridized carbons (Fsp3) is 0. The van der Waals surface area contributed by atoms with Gasteiger partial charge in [-0.15, -0.1) is 0 Å². The second kappa shape index (κ2) is 4.14. The van der Waals surface area contributed by atoms with Crippen molar-refractivity contribution in [1.29, 1.82) is 0 Å². The average molecular weight is 262 g/mol. The van der Waals surface area contributed by atoms with Crippen molar-refractivity contribution in [3.05, 3.63) is 59.4 Å². The monoisotopic (exact) mass is 262 g/mol. The van der Waals surface area contributed by atoms with Gasteiger partial charge in [0.05, 0.1) is 16.7 Å². The van der Waals surface area contributed by atoms with Crippen LogP contribution in [0.15, 0.2) is 59.4 Å². The van der Waals surface area contributed by atoms with Crippen LogP contribution in [0.4, 0.5) is 0 Å². The molecule has 1 aromatic carbocycles. The van der Waals surface area contributed by atoms with Crippen LogP contribution in [-0.2, 0) is 0 Å². The maximum Gasteiger partial charge on any atom is 0.0972 e. The summed E-state index contributed by atoms with van der Waals surface area (Å²) < 4.78 is 0. The fourth-order valence-electron chi connectivity index (χ4n) is 2.29. The van der Waals surface area contributed by atoms with Crippen molar-refractivity contribution < 1.29 is 0 Å². The molecule has 2 nitrogen and oxygen atoms in total. The van der Waals surface area contributed by atoms with Crippen molar-refractivity contribution in [3.8, 4) is 11.3 Å². The molecule has 0 radical (unpaired) electrons. The minimum absolute atomic E-state index is 0.970. The molecule has 90 valence electrons. The van der Waals surface area contributed by atoms with Gasteiger partial charge < -0.3 is 0 Å². The summed E-state index contributed by atoms with van der Waals surface area (Å²) in [5.74, 6) is 0. The third-order valence-electron chi connectivity index (χ3n) is 3.25. The molecule has 0 aliphatic heterocycles. The van der Waals surface area contributed by atoms with E-state index in [1.54, 1.807) is 11.3 Å². The predicted molar refractivity (Wildman–Crippen MR) is 80.4 cm³/mol. The minimum Gasteiger partial charge on any atom is -0.254 e. The Balaban J connectivity index is 2.09. The molecular formula is C16H10N2S. The summed E-state index contributed by atoms with van der Waals surface area (Å²) in [7, 11) is 0. The Morgan fingerprint density at radius 3 is 2.53 bits per heavy atom. The molecule has 0 unspecified atom stereocenters. The predicted octanol–water partition coefficient (Wildman–Crippen LogP) is 4.51. The number of hydrogen-bond donors (Lipinski definition) is 0. The van der Waals surface area contributed by atoms with Gasteiger partial charge in [0.2, 0.25) is 0 Å². The lowest BCUT2D eigenvalue weighted by atomic mass is 10.1. The van der Waals surface area contributed by atoms with Crippen molar-refractivity contribution >= 4 is 33.1 Å². The molecule has 0 spiro atoms. The molecule has 0 saturated heterocycles. The molecule has 3 aromatic heterocycles. The zero-order chi connectivity index (χ0) is 12.7. The zero-order valence-corrected chi connectivity index (χ0v) is 10.9. The van der Waals surface area contributed by atoms with Crippen molar-refractivity contribution in [2.24, 2.45) is 0 Å². The third kappa shape index (κ3) is 1.71. The number of hydrogen-bond acceptors (Lipinski definition) is 3. The Morgan fingerprint density at radius 1 is 0.842 bits per heavy atom. The highest BCUT2D eigenvalue weighted by Crippen LogP contribution is 2.26. The summed E-state index contributed by atoms with van der Waals surface area (Å²) in [5.41, 5.74) is 4.12. The van der Waals surface area contributed by atoms with Crippen molar-refractivity contribution in [2.45, 2.75) is 0 Å². The summed E-state index contributed by atoms with van der Waals surface area (Å²) >= 11 is 1.69. The molecule has 0 aliphatic rings. The fourth-order valence-corrected chi connectivity index (χ4v) is 2.94. The number of pyridine rings is 2. The van der Waals surface area contributed by atoms with E-state index in [-0.39, 0.29) is 0 Å². The van der Waals surface area contributed by atoms with Crippen LogP contribution in [0.2, 0.25) is 0 Å². The molecule has 0 saturated carbocycles. The number of nitrogens with zero attached hydrogens (tertiary/aromatic N) is 2. The first-order valence-corrected chi connectivity index (χ1v) is 7.03. The summed E-state index contributed by atoms with van der Waals surface area (Å²) in [4.78, 5) is 9.26. The molecule has 3 heterocycles. The smallest absolute Gasteiger partial charge is 0.0972 e. The Kier molecular flexibility index (Phi) is 2.32. The molecular weight excluding hydrogens is 252 g/mol. The van der Waals surface area contributed by atoms with Crippen LogP contribution in [-0.4, -0.2) is 9.97 Å². The van der Waals surface area contributed by atoms with E-state index >= 15 is 0 Å². The molecule has 4 aromatic rings. The Labute approximate surface area is 114 Å². The van der Waals surface area contributed by atoms with Crippen LogP contribution < -0.4 is 0 Å². The highest BCUT2D eigenvalue weighted by atomic mass is 32.1. The van der Waals surface area contributed by atoms with Crippen molar-refractivity contribution in [1.82, 2.24) is 9.97 Å². The van der Waals surface area contributed by atoms with E-state index in [1.165, 1.54) is 5.56 Å². The summed E-state index contributed by atoms with van der Waals surface area (Å²) in [6, 6.07) is 14.5. The summed E-state index contributed by atoms with van der Waals surface area (Å²) in [5, 5.41) is 6.45. The second-order valence-electron chi connectivity index (χ2n) is 4.42. The Hall–Kier alpha value is -2.26. The van der Waals surface area contributed by atoms with Gasteiger partial charge >= 0.3 is 0 Å². The lowest BCUT2D eigenvalue weighted by Gasteiger charge is -2.04. The largest absolute Gasteiger partial charge is 0.254 e. The van der Waals surface area contributed by atoms with Gasteiger partial charge in [-0.1, -0.05) is 24.3 Å². The highest BCUT2D eigenvalue weighted by Gasteiger charge is 2.05. The molecule has 0 amide bonds. The van der Waals surface area contributed by atoms with E-state index in [0.717, 1.165) is 27.5 Å². The number of rotatable bonds is 1. The van der Waals surface area contributed by atoms with Gasteiger partial charge in [0, 0.05) is 27.9 Å². The van der Waals surface area contributed by atoms with Gasteiger partial charge in [0.15, 0.2) is 0 Å². The first-order chi connectivity index (χ1) is 9.42. The SMILES string of the molecule is c1cnc2c(c1)ccc1ccc(-c3ccsc3)nc12. The topological polar surface area (TPSA) is 25.8 Å². The second-order valence-corrected chi connectivity index (χ2v) is 5.20. The number of thiophene rings is 1. The Bertz CT molecular complexity index is 866.